The first-order valence-corrected chi connectivity index (χ1v) is 13.2. The molecule has 5 rings (SSSR count). The normalized spacial score (nSPS) is 18.3. The molecule has 1 aromatic heterocycles. The number of hydrogen-bond donors (Lipinski definition) is 2. The number of nitrogen functional groups attached to an aromatic ring is 1. The van der Waals surface area contributed by atoms with Crippen LogP contribution < -0.4 is 11.1 Å². The highest BCUT2D eigenvalue weighted by Gasteiger charge is 2.33. The molecule has 37 heavy (non-hydrogen) atoms. The van der Waals surface area contributed by atoms with Crippen LogP contribution in [0.25, 0.3) is 11.1 Å². The zero-order valence-electron chi connectivity index (χ0n) is 20.5. The Hall–Kier alpha value is -3.07. The second kappa shape index (κ2) is 10.7. The van der Waals surface area contributed by atoms with Crippen LogP contribution in [-0.4, -0.2) is 46.8 Å². The molecule has 0 radical (unpaired) electrons. The van der Waals surface area contributed by atoms with E-state index in [1.165, 1.54) is 7.11 Å². The van der Waals surface area contributed by atoms with Gasteiger partial charge in [0.15, 0.2) is 5.69 Å². The molecule has 1 amide bonds. The predicted octanol–water partition coefficient (Wildman–Crippen LogP) is 5.41. The van der Waals surface area contributed by atoms with E-state index >= 15 is 0 Å². The number of carbonyl (C=O) groups excluding carboxylic acids is 2. The van der Waals surface area contributed by atoms with Crippen molar-refractivity contribution < 1.29 is 14.3 Å². The fourth-order valence-electron chi connectivity index (χ4n) is 5.34. The lowest BCUT2D eigenvalue weighted by atomic mass is 9.93. The molecule has 1 fully saturated rings. The van der Waals surface area contributed by atoms with E-state index in [4.69, 9.17) is 33.7 Å². The van der Waals surface area contributed by atoms with Gasteiger partial charge in [0.05, 0.1) is 46.2 Å². The standard InChI is InChI=1S/C27H29Cl2N5O3/c1-37-27(36)16-10-13-33(14-11-16)22-9-4-12-34-23(22)15-21(32-34)26(35)31-20-8-3-6-18(25(20)29)17-5-2-7-19(30)24(17)28/h2-3,5-8,15-16,22H,4,9-14,30H2,1H3,(H,31,35). The van der Waals surface area contributed by atoms with Crippen LogP contribution in [0, 0.1) is 5.92 Å². The van der Waals surface area contributed by atoms with E-state index in [9.17, 15) is 9.59 Å². The van der Waals surface area contributed by atoms with Gasteiger partial charge in [0.25, 0.3) is 5.91 Å². The maximum Gasteiger partial charge on any atom is 0.308 e. The van der Waals surface area contributed by atoms with E-state index in [1.54, 1.807) is 12.1 Å². The average molecular weight is 542 g/mol. The van der Waals surface area contributed by atoms with E-state index in [1.807, 2.05) is 35.0 Å². The Morgan fingerprint density at radius 1 is 1.03 bits per heavy atom. The SMILES string of the molecule is COC(=O)C1CCN(C2CCCn3nc(C(=O)Nc4cccc(-c5cccc(N)c5Cl)c4Cl)cc32)CC1. The van der Waals surface area contributed by atoms with Crippen molar-refractivity contribution in [2.75, 3.05) is 31.2 Å². The van der Waals surface area contributed by atoms with Gasteiger partial charge in [-0.2, -0.15) is 5.10 Å². The number of esters is 1. The van der Waals surface area contributed by atoms with Gasteiger partial charge in [-0.1, -0.05) is 47.5 Å². The number of piperidine rings is 1. The Kier molecular flexibility index (Phi) is 7.42. The molecule has 3 aromatic rings. The number of nitrogens with zero attached hydrogens (tertiary/aromatic N) is 3. The van der Waals surface area contributed by atoms with Gasteiger partial charge < -0.3 is 15.8 Å². The highest BCUT2D eigenvalue weighted by atomic mass is 35.5. The van der Waals surface area contributed by atoms with Crippen LogP contribution in [0.2, 0.25) is 10.0 Å². The van der Waals surface area contributed by atoms with E-state index in [0.29, 0.717) is 38.2 Å². The van der Waals surface area contributed by atoms with Crippen LogP contribution in [0.15, 0.2) is 42.5 Å². The number of fused-ring (bicyclic) bond motifs is 1. The number of rotatable bonds is 5. The summed E-state index contributed by atoms with van der Waals surface area (Å²) in [6.45, 7) is 2.39. The number of nitrogens with one attached hydrogen (secondary N) is 1. The van der Waals surface area contributed by atoms with Crippen molar-refractivity contribution in [2.45, 2.75) is 38.3 Å². The summed E-state index contributed by atoms with van der Waals surface area (Å²) in [5.74, 6) is -0.505. The highest BCUT2D eigenvalue weighted by Crippen LogP contribution is 2.39. The predicted molar refractivity (Wildman–Crippen MR) is 145 cm³/mol. The first-order valence-electron chi connectivity index (χ1n) is 12.4. The van der Waals surface area contributed by atoms with Crippen LogP contribution in [0.5, 0.6) is 0 Å². The van der Waals surface area contributed by atoms with Crippen LogP contribution in [-0.2, 0) is 16.1 Å². The number of likely N-dealkylation sites (tertiary alicyclic amines) is 1. The van der Waals surface area contributed by atoms with E-state index in [2.05, 4.69) is 15.3 Å². The summed E-state index contributed by atoms with van der Waals surface area (Å²) in [6, 6.07) is 12.8. The van der Waals surface area contributed by atoms with Crippen molar-refractivity contribution in [2.24, 2.45) is 5.92 Å². The third kappa shape index (κ3) is 5.06. The van der Waals surface area contributed by atoms with Crippen molar-refractivity contribution in [1.29, 1.82) is 0 Å². The van der Waals surface area contributed by atoms with Crippen LogP contribution >= 0.6 is 23.2 Å². The Morgan fingerprint density at radius 3 is 2.46 bits per heavy atom. The highest BCUT2D eigenvalue weighted by molar-refractivity contribution is 6.39. The molecule has 10 heteroatoms. The molecule has 0 aliphatic carbocycles. The number of hydrogen-bond acceptors (Lipinski definition) is 6. The molecule has 194 valence electrons. The van der Waals surface area contributed by atoms with Gasteiger partial charge in [-0.05, 0) is 57.0 Å². The smallest absolute Gasteiger partial charge is 0.308 e. The summed E-state index contributed by atoms with van der Waals surface area (Å²) in [6.07, 6.45) is 3.52. The molecule has 0 spiro atoms. The topological polar surface area (TPSA) is 102 Å². The number of aromatic nitrogens is 2. The second-order valence-corrected chi connectivity index (χ2v) is 10.3. The summed E-state index contributed by atoms with van der Waals surface area (Å²) >= 11 is 13.1. The second-order valence-electron chi connectivity index (χ2n) is 9.50. The molecular weight excluding hydrogens is 513 g/mol. The molecule has 2 aromatic carbocycles. The quantitative estimate of drug-likeness (QED) is 0.330. The molecule has 2 aliphatic heterocycles. The fraction of sp³-hybridized carbons (Fsp3) is 0.370. The lowest BCUT2D eigenvalue weighted by Crippen LogP contribution is -2.40. The Bertz CT molecular complexity index is 1330. The van der Waals surface area contributed by atoms with E-state index in [-0.39, 0.29) is 23.8 Å². The summed E-state index contributed by atoms with van der Waals surface area (Å²) in [4.78, 5) is 27.5. The molecule has 8 nitrogen and oxygen atoms in total. The Balaban J connectivity index is 1.34. The fourth-order valence-corrected chi connectivity index (χ4v) is 5.84. The molecule has 3 heterocycles. The number of methoxy groups -OCH3 is 1. The van der Waals surface area contributed by atoms with E-state index in [0.717, 1.165) is 51.0 Å². The largest absolute Gasteiger partial charge is 0.469 e. The van der Waals surface area contributed by atoms with Crippen molar-refractivity contribution in [3.63, 3.8) is 0 Å². The number of amides is 1. The van der Waals surface area contributed by atoms with Crippen molar-refractivity contribution >= 4 is 46.5 Å². The maximum absolute atomic E-state index is 13.2. The minimum absolute atomic E-state index is 0.0428. The lowest BCUT2D eigenvalue weighted by Gasteiger charge is -2.38. The molecule has 1 unspecified atom stereocenters. The monoisotopic (exact) mass is 541 g/mol. The Labute approximate surface area is 225 Å². The zero-order valence-corrected chi connectivity index (χ0v) is 22.1. The minimum atomic E-state index is -0.331. The number of anilines is 2. The van der Waals surface area contributed by atoms with E-state index < -0.39 is 0 Å². The van der Waals surface area contributed by atoms with Crippen molar-refractivity contribution in [1.82, 2.24) is 14.7 Å². The number of carbonyl (C=O) groups is 2. The van der Waals surface area contributed by atoms with Gasteiger partial charge in [0.1, 0.15) is 0 Å². The number of halogens is 2. The van der Waals surface area contributed by atoms with Gasteiger partial charge in [-0.15, -0.1) is 0 Å². The van der Waals surface area contributed by atoms with Gasteiger partial charge in [0, 0.05) is 17.7 Å². The molecule has 1 atom stereocenters. The van der Waals surface area contributed by atoms with Crippen molar-refractivity contribution in [3.05, 3.63) is 63.9 Å². The van der Waals surface area contributed by atoms with Gasteiger partial charge in [0.2, 0.25) is 0 Å². The first kappa shape index (κ1) is 25.6. The molecule has 0 saturated carbocycles. The molecule has 1 saturated heterocycles. The summed E-state index contributed by atoms with van der Waals surface area (Å²) in [5.41, 5.74) is 9.63. The lowest BCUT2D eigenvalue weighted by molar-refractivity contribution is -0.147. The Morgan fingerprint density at radius 2 is 1.73 bits per heavy atom. The third-order valence-electron chi connectivity index (χ3n) is 7.30. The van der Waals surface area contributed by atoms with Crippen LogP contribution in [0.3, 0.4) is 0 Å². The minimum Gasteiger partial charge on any atom is -0.469 e. The number of nitrogens with two attached hydrogens (primary N) is 1. The number of ether oxygens (including phenoxy) is 1. The summed E-state index contributed by atoms with van der Waals surface area (Å²) in [5, 5.41) is 8.31. The van der Waals surface area contributed by atoms with Gasteiger partial charge >= 0.3 is 5.97 Å². The third-order valence-corrected chi connectivity index (χ3v) is 8.13. The molecule has 0 bridgehead atoms. The number of aryl methyl sites for hydroxylation is 1. The maximum atomic E-state index is 13.2. The van der Waals surface area contributed by atoms with Crippen LogP contribution in [0.4, 0.5) is 11.4 Å². The van der Waals surface area contributed by atoms with Crippen molar-refractivity contribution in [3.8, 4) is 11.1 Å². The summed E-state index contributed by atoms with van der Waals surface area (Å²) < 4.78 is 6.85. The van der Waals surface area contributed by atoms with Gasteiger partial charge in [-0.25, -0.2) is 0 Å². The van der Waals surface area contributed by atoms with Gasteiger partial charge in [-0.3, -0.25) is 19.2 Å². The average Bonchev–Trinajstić information content (AvgIpc) is 3.36. The molecule has 3 N–H and O–H groups in total. The number of benzene rings is 2. The molecular formula is C27H29Cl2N5O3. The zero-order chi connectivity index (χ0) is 26.1. The first-order chi connectivity index (χ1) is 17.9. The van der Waals surface area contributed by atoms with Crippen LogP contribution in [0.1, 0.15) is 47.9 Å². The summed E-state index contributed by atoms with van der Waals surface area (Å²) in [7, 11) is 1.44. The molecule has 2 aliphatic rings.